The number of nitrogens with zero attached hydrogens (tertiary/aromatic N) is 4. The van der Waals surface area contributed by atoms with Gasteiger partial charge >= 0.3 is 0 Å². The molecule has 1 N–H and O–H groups in total. The Balaban J connectivity index is 1.97. The molecule has 3 rings (SSSR count). The van der Waals surface area contributed by atoms with Gasteiger partial charge < -0.3 is 10.1 Å². The van der Waals surface area contributed by atoms with Crippen molar-refractivity contribution in [3.8, 4) is 5.75 Å². The van der Waals surface area contributed by atoms with Crippen molar-refractivity contribution < 1.29 is 4.74 Å². The summed E-state index contributed by atoms with van der Waals surface area (Å²) < 4.78 is 7.20. The van der Waals surface area contributed by atoms with Crippen LogP contribution in [0, 0.1) is 13.8 Å². The first-order chi connectivity index (χ1) is 10.6. The van der Waals surface area contributed by atoms with Gasteiger partial charge in [-0.05, 0) is 19.9 Å². The van der Waals surface area contributed by atoms with Crippen molar-refractivity contribution in [3.05, 3.63) is 41.3 Å². The van der Waals surface area contributed by atoms with Gasteiger partial charge in [-0.15, -0.1) is 0 Å². The summed E-state index contributed by atoms with van der Waals surface area (Å²) in [5.41, 5.74) is 3.78. The quantitative estimate of drug-likeness (QED) is 0.802. The maximum atomic E-state index is 5.38. The lowest BCUT2D eigenvalue weighted by Gasteiger charge is -2.11. The number of para-hydroxylation sites is 1. The Kier molecular flexibility index (Phi) is 3.66. The van der Waals surface area contributed by atoms with Crippen LogP contribution >= 0.6 is 0 Å². The summed E-state index contributed by atoms with van der Waals surface area (Å²) in [4.78, 5) is 9.01. The summed E-state index contributed by atoms with van der Waals surface area (Å²) in [5, 5.41) is 7.81. The van der Waals surface area contributed by atoms with Crippen molar-refractivity contribution in [2.24, 2.45) is 7.05 Å². The van der Waals surface area contributed by atoms with Gasteiger partial charge in [-0.2, -0.15) is 5.10 Å². The van der Waals surface area contributed by atoms with Crippen molar-refractivity contribution in [2.75, 3.05) is 12.4 Å². The summed E-state index contributed by atoms with van der Waals surface area (Å²) in [5.74, 6) is 2.38. The molecule has 0 spiro atoms. The number of fused-ring (bicyclic) bond motifs is 1. The van der Waals surface area contributed by atoms with Crippen LogP contribution in [-0.4, -0.2) is 26.9 Å². The molecule has 2 aromatic heterocycles. The van der Waals surface area contributed by atoms with E-state index in [-0.39, 0.29) is 0 Å². The number of aromatic nitrogens is 4. The zero-order chi connectivity index (χ0) is 15.7. The molecule has 0 aliphatic rings. The molecule has 3 aromatic rings. The number of anilines is 1. The van der Waals surface area contributed by atoms with E-state index < -0.39 is 0 Å². The number of hydrogen-bond donors (Lipinski definition) is 1. The Labute approximate surface area is 129 Å². The molecule has 0 aliphatic heterocycles. The van der Waals surface area contributed by atoms with E-state index in [2.05, 4.69) is 20.4 Å². The van der Waals surface area contributed by atoms with Gasteiger partial charge in [0.15, 0.2) is 5.82 Å². The van der Waals surface area contributed by atoms with Gasteiger partial charge in [-0.25, -0.2) is 9.97 Å². The van der Waals surface area contributed by atoms with Crippen molar-refractivity contribution in [3.63, 3.8) is 0 Å². The van der Waals surface area contributed by atoms with E-state index in [0.717, 1.165) is 39.7 Å². The first-order valence-corrected chi connectivity index (χ1v) is 7.14. The molecule has 0 radical (unpaired) electrons. The van der Waals surface area contributed by atoms with E-state index in [0.29, 0.717) is 6.54 Å². The number of nitrogens with one attached hydrogen (secondary N) is 1. The zero-order valence-corrected chi connectivity index (χ0v) is 13.2. The minimum Gasteiger partial charge on any atom is -0.496 e. The monoisotopic (exact) mass is 297 g/mol. The Morgan fingerprint density at radius 3 is 2.73 bits per heavy atom. The topological polar surface area (TPSA) is 64.9 Å². The molecule has 22 heavy (non-hydrogen) atoms. The highest BCUT2D eigenvalue weighted by molar-refractivity contribution is 5.87. The molecule has 0 amide bonds. The third kappa shape index (κ3) is 2.47. The maximum absolute atomic E-state index is 5.38. The van der Waals surface area contributed by atoms with E-state index in [1.807, 2.05) is 49.8 Å². The summed E-state index contributed by atoms with van der Waals surface area (Å²) in [7, 11) is 3.58. The van der Waals surface area contributed by atoms with Gasteiger partial charge in [-0.3, -0.25) is 4.68 Å². The van der Waals surface area contributed by atoms with Gasteiger partial charge in [0.05, 0.1) is 12.8 Å². The number of hydrogen-bond acceptors (Lipinski definition) is 5. The second-order valence-corrected chi connectivity index (χ2v) is 5.19. The molecular weight excluding hydrogens is 278 g/mol. The highest BCUT2D eigenvalue weighted by Crippen LogP contribution is 2.24. The second-order valence-electron chi connectivity index (χ2n) is 5.19. The van der Waals surface area contributed by atoms with Gasteiger partial charge in [0.25, 0.3) is 0 Å². The van der Waals surface area contributed by atoms with Crippen molar-refractivity contribution >= 4 is 16.9 Å². The number of methoxy groups -OCH3 is 1. The Hall–Kier alpha value is -2.63. The molecule has 6 heteroatoms. The summed E-state index contributed by atoms with van der Waals surface area (Å²) in [6.07, 6.45) is 0. The van der Waals surface area contributed by atoms with E-state index >= 15 is 0 Å². The molecule has 0 bridgehead atoms. The summed E-state index contributed by atoms with van der Waals surface area (Å²) in [6, 6.07) is 7.94. The Morgan fingerprint density at radius 2 is 1.95 bits per heavy atom. The second kappa shape index (κ2) is 5.63. The fourth-order valence-electron chi connectivity index (χ4n) is 2.60. The lowest BCUT2D eigenvalue weighted by molar-refractivity contribution is 0.410. The molecule has 2 heterocycles. The third-order valence-corrected chi connectivity index (χ3v) is 3.60. The minimum absolute atomic E-state index is 0.625. The van der Waals surface area contributed by atoms with Gasteiger partial charge in [-0.1, -0.05) is 18.2 Å². The molecular formula is C16H19N5O. The molecule has 0 aliphatic carbocycles. The van der Waals surface area contributed by atoms with E-state index in [1.54, 1.807) is 7.11 Å². The fourth-order valence-corrected chi connectivity index (χ4v) is 2.60. The standard InChI is InChI=1S/C16H19N5O/c1-10-14-15(21(3)20-10)16(19-11(2)18-14)17-9-12-7-5-6-8-13(12)22-4/h5-8H,9H2,1-4H3,(H,17,18,19). The molecule has 0 saturated heterocycles. The lowest BCUT2D eigenvalue weighted by Crippen LogP contribution is -2.06. The van der Waals surface area contributed by atoms with Crippen LogP contribution in [0.15, 0.2) is 24.3 Å². The number of ether oxygens (including phenoxy) is 1. The highest BCUT2D eigenvalue weighted by Gasteiger charge is 2.14. The van der Waals surface area contributed by atoms with Gasteiger partial charge in [0, 0.05) is 19.2 Å². The lowest BCUT2D eigenvalue weighted by atomic mass is 10.2. The van der Waals surface area contributed by atoms with Crippen molar-refractivity contribution in [1.29, 1.82) is 0 Å². The van der Waals surface area contributed by atoms with Gasteiger partial charge in [0.2, 0.25) is 0 Å². The maximum Gasteiger partial charge on any atom is 0.156 e. The van der Waals surface area contributed by atoms with Gasteiger partial charge in [0.1, 0.15) is 22.6 Å². The smallest absolute Gasteiger partial charge is 0.156 e. The minimum atomic E-state index is 0.625. The van der Waals surface area contributed by atoms with E-state index in [4.69, 9.17) is 4.74 Å². The van der Waals surface area contributed by atoms with Crippen LogP contribution in [0.1, 0.15) is 17.1 Å². The SMILES string of the molecule is COc1ccccc1CNc1nc(C)nc2c(C)nn(C)c12. The van der Waals surface area contributed by atoms with Crippen LogP contribution in [-0.2, 0) is 13.6 Å². The summed E-state index contributed by atoms with van der Waals surface area (Å²) in [6.45, 7) is 4.47. The van der Waals surface area contributed by atoms with E-state index in [9.17, 15) is 0 Å². The average Bonchev–Trinajstić information content (AvgIpc) is 2.79. The van der Waals surface area contributed by atoms with Crippen LogP contribution in [0.4, 0.5) is 5.82 Å². The molecule has 114 valence electrons. The van der Waals surface area contributed by atoms with Crippen LogP contribution in [0.5, 0.6) is 5.75 Å². The molecule has 0 fully saturated rings. The van der Waals surface area contributed by atoms with Crippen LogP contribution in [0.25, 0.3) is 11.0 Å². The molecule has 6 nitrogen and oxygen atoms in total. The first kappa shape index (κ1) is 14.3. The van der Waals surface area contributed by atoms with Crippen LogP contribution in [0.2, 0.25) is 0 Å². The molecule has 0 saturated carbocycles. The highest BCUT2D eigenvalue weighted by atomic mass is 16.5. The summed E-state index contributed by atoms with van der Waals surface area (Å²) >= 11 is 0. The zero-order valence-electron chi connectivity index (χ0n) is 13.2. The van der Waals surface area contributed by atoms with Crippen LogP contribution < -0.4 is 10.1 Å². The molecule has 0 atom stereocenters. The largest absolute Gasteiger partial charge is 0.496 e. The van der Waals surface area contributed by atoms with E-state index in [1.165, 1.54) is 0 Å². The normalized spacial score (nSPS) is 10.9. The number of benzene rings is 1. The van der Waals surface area contributed by atoms with Crippen molar-refractivity contribution in [2.45, 2.75) is 20.4 Å². The molecule has 1 aromatic carbocycles. The number of aryl methyl sites for hydroxylation is 3. The fraction of sp³-hybridized carbons (Fsp3) is 0.312. The van der Waals surface area contributed by atoms with Crippen LogP contribution in [0.3, 0.4) is 0 Å². The molecule has 0 unspecified atom stereocenters. The Morgan fingerprint density at radius 1 is 1.18 bits per heavy atom. The predicted octanol–water partition coefficient (Wildman–Crippen LogP) is 2.60. The third-order valence-electron chi connectivity index (χ3n) is 3.60. The number of rotatable bonds is 4. The Bertz CT molecular complexity index is 825. The average molecular weight is 297 g/mol. The van der Waals surface area contributed by atoms with Crippen molar-refractivity contribution in [1.82, 2.24) is 19.7 Å². The first-order valence-electron chi connectivity index (χ1n) is 7.14. The predicted molar refractivity (Wildman–Crippen MR) is 86.1 cm³/mol.